The van der Waals surface area contributed by atoms with E-state index >= 15 is 0 Å². The van der Waals surface area contributed by atoms with Crippen LogP contribution in [0.3, 0.4) is 0 Å². The highest BCUT2D eigenvalue weighted by Crippen LogP contribution is 2.27. The Balaban J connectivity index is 1.72. The van der Waals surface area contributed by atoms with Gasteiger partial charge >= 0.3 is 0 Å². The molecule has 0 spiro atoms. The summed E-state index contributed by atoms with van der Waals surface area (Å²) in [4.78, 5) is 12.4. The van der Waals surface area contributed by atoms with Crippen LogP contribution in [0.5, 0.6) is 0 Å². The Kier molecular flexibility index (Phi) is 3.41. The number of carbonyl (C=O) groups excluding carboxylic acids is 1. The molecular formula is C17H14F2N2OS. The summed E-state index contributed by atoms with van der Waals surface area (Å²) in [5.74, 6) is -1.85. The van der Waals surface area contributed by atoms with Gasteiger partial charge < -0.3 is 9.88 Å². The Bertz CT molecular complexity index is 895. The molecule has 0 bridgehead atoms. The number of nitrogens with zero attached hydrogens (tertiary/aromatic N) is 1. The number of nitrogens with one attached hydrogen (secondary N) is 1. The zero-order chi connectivity index (χ0) is 16.0. The van der Waals surface area contributed by atoms with Crippen LogP contribution >= 0.6 is 11.3 Å². The van der Waals surface area contributed by atoms with Gasteiger partial charge in [0, 0.05) is 12.6 Å². The molecule has 0 atom stereocenters. The molecule has 1 aromatic carbocycles. The first-order valence-electron chi connectivity index (χ1n) is 7.43. The predicted molar refractivity (Wildman–Crippen MR) is 85.8 cm³/mol. The third-order valence-electron chi connectivity index (χ3n) is 3.99. The second kappa shape index (κ2) is 5.45. The van der Waals surface area contributed by atoms with E-state index in [1.807, 2.05) is 22.1 Å². The van der Waals surface area contributed by atoms with Crippen LogP contribution in [0, 0.1) is 11.6 Å². The maximum Gasteiger partial charge on any atom is 0.268 e. The molecule has 0 unspecified atom stereocenters. The van der Waals surface area contributed by atoms with Crippen molar-refractivity contribution in [3.8, 4) is 0 Å². The number of hydrogen-bond acceptors (Lipinski definition) is 2. The van der Waals surface area contributed by atoms with Crippen molar-refractivity contribution in [1.82, 2.24) is 9.88 Å². The van der Waals surface area contributed by atoms with Gasteiger partial charge in [-0.25, -0.2) is 8.78 Å². The zero-order valence-electron chi connectivity index (χ0n) is 12.2. The molecule has 118 valence electrons. The van der Waals surface area contributed by atoms with Crippen molar-refractivity contribution >= 4 is 27.5 Å². The van der Waals surface area contributed by atoms with Gasteiger partial charge in [0.25, 0.3) is 5.91 Å². The number of thiophene rings is 1. The molecule has 4 rings (SSSR count). The number of amides is 1. The quantitative estimate of drug-likeness (QED) is 0.772. The summed E-state index contributed by atoms with van der Waals surface area (Å²) in [7, 11) is 0. The van der Waals surface area contributed by atoms with Gasteiger partial charge in [-0.15, -0.1) is 11.3 Å². The molecule has 0 radical (unpaired) electrons. The molecule has 1 N–H and O–H groups in total. The summed E-state index contributed by atoms with van der Waals surface area (Å²) < 4.78 is 29.4. The van der Waals surface area contributed by atoms with E-state index in [9.17, 15) is 13.6 Å². The van der Waals surface area contributed by atoms with E-state index in [2.05, 4.69) is 5.32 Å². The van der Waals surface area contributed by atoms with Gasteiger partial charge in [0.15, 0.2) is 11.6 Å². The van der Waals surface area contributed by atoms with Crippen LogP contribution in [-0.2, 0) is 6.54 Å². The number of carbonyl (C=O) groups is 1. The minimum absolute atomic E-state index is 0.113. The Hall–Kier alpha value is -2.21. The van der Waals surface area contributed by atoms with Crippen molar-refractivity contribution in [1.29, 1.82) is 0 Å². The number of rotatable bonds is 4. The molecule has 1 aliphatic carbocycles. The van der Waals surface area contributed by atoms with Crippen LogP contribution in [0.4, 0.5) is 8.78 Å². The summed E-state index contributed by atoms with van der Waals surface area (Å²) in [6, 6.07) is 7.90. The molecule has 1 saturated carbocycles. The van der Waals surface area contributed by atoms with Crippen LogP contribution in [0.15, 0.2) is 35.7 Å². The molecule has 0 saturated heterocycles. The SMILES string of the molecule is O=C(NC1CC1)c1cc2sccc2n1Cc1ccc(F)c(F)c1. The third kappa shape index (κ3) is 2.74. The summed E-state index contributed by atoms with van der Waals surface area (Å²) in [5.41, 5.74) is 2.11. The highest BCUT2D eigenvalue weighted by atomic mass is 32.1. The normalized spacial score (nSPS) is 14.3. The molecule has 2 heterocycles. The van der Waals surface area contributed by atoms with Gasteiger partial charge in [-0.05, 0) is 48.1 Å². The van der Waals surface area contributed by atoms with Gasteiger partial charge in [-0.1, -0.05) is 6.07 Å². The molecule has 6 heteroatoms. The summed E-state index contributed by atoms with van der Waals surface area (Å²) >= 11 is 1.56. The van der Waals surface area contributed by atoms with Crippen LogP contribution in [0.1, 0.15) is 28.9 Å². The summed E-state index contributed by atoms with van der Waals surface area (Å²) in [5, 5.41) is 4.93. The fourth-order valence-corrected chi connectivity index (χ4v) is 3.47. The highest BCUT2D eigenvalue weighted by molar-refractivity contribution is 7.17. The highest BCUT2D eigenvalue weighted by Gasteiger charge is 2.26. The Morgan fingerprint density at radius 1 is 1.22 bits per heavy atom. The van der Waals surface area contributed by atoms with E-state index in [-0.39, 0.29) is 11.9 Å². The van der Waals surface area contributed by atoms with Gasteiger partial charge in [0.2, 0.25) is 0 Å². The fraction of sp³-hybridized carbons (Fsp3) is 0.235. The van der Waals surface area contributed by atoms with Crippen LogP contribution in [0.2, 0.25) is 0 Å². The van der Waals surface area contributed by atoms with Crippen molar-refractivity contribution in [2.45, 2.75) is 25.4 Å². The van der Waals surface area contributed by atoms with Crippen LogP contribution < -0.4 is 5.32 Å². The summed E-state index contributed by atoms with van der Waals surface area (Å²) in [6.07, 6.45) is 2.04. The van der Waals surface area contributed by atoms with Gasteiger partial charge in [-0.3, -0.25) is 4.79 Å². The molecule has 1 amide bonds. The van der Waals surface area contributed by atoms with E-state index in [0.29, 0.717) is 17.8 Å². The Labute approximate surface area is 135 Å². The zero-order valence-corrected chi connectivity index (χ0v) is 13.0. The number of aromatic nitrogens is 1. The average Bonchev–Trinajstić information content (AvgIpc) is 3.09. The molecule has 1 fully saturated rings. The van der Waals surface area contributed by atoms with Crippen molar-refractivity contribution in [3.05, 3.63) is 58.6 Å². The first-order chi connectivity index (χ1) is 11.1. The largest absolute Gasteiger partial charge is 0.348 e. The van der Waals surface area contributed by atoms with Crippen LogP contribution in [-0.4, -0.2) is 16.5 Å². The number of halogens is 2. The molecule has 0 aliphatic heterocycles. The van der Waals surface area contributed by atoms with E-state index in [1.54, 1.807) is 17.4 Å². The molecule has 2 aromatic heterocycles. The lowest BCUT2D eigenvalue weighted by Gasteiger charge is -2.11. The minimum Gasteiger partial charge on any atom is -0.348 e. The maximum absolute atomic E-state index is 13.4. The van der Waals surface area contributed by atoms with Gasteiger partial charge in [0.1, 0.15) is 5.69 Å². The second-order valence-corrected chi connectivity index (χ2v) is 6.73. The third-order valence-corrected chi connectivity index (χ3v) is 4.85. The summed E-state index contributed by atoms with van der Waals surface area (Å²) in [6.45, 7) is 0.324. The first kappa shape index (κ1) is 14.4. The fourth-order valence-electron chi connectivity index (χ4n) is 2.64. The number of fused-ring (bicyclic) bond motifs is 1. The van der Waals surface area contributed by atoms with Crippen molar-refractivity contribution in [2.24, 2.45) is 0 Å². The molecular weight excluding hydrogens is 318 g/mol. The Morgan fingerprint density at radius 3 is 2.78 bits per heavy atom. The Morgan fingerprint density at radius 2 is 2.04 bits per heavy atom. The van der Waals surface area contributed by atoms with Crippen LogP contribution in [0.25, 0.3) is 10.2 Å². The monoisotopic (exact) mass is 332 g/mol. The second-order valence-electron chi connectivity index (χ2n) is 5.78. The lowest BCUT2D eigenvalue weighted by Crippen LogP contribution is -2.27. The predicted octanol–water partition coefficient (Wildman–Crippen LogP) is 3.92. The van der Waals surface area contributed by atoms with Gasteiger partial charge in [-0.2, -0.15) is 0 Å². The molecule has 3 aromatic rings. The van der Waals surface area contributed by atoms with Crippen molar-refractivity contribution in [3.63, 3.8) is 0 Å². The standard InChI is InChI=1S/C17H14F2N2OS/c18-12-4-1-10(7-13(12)19)9-21-14-5-6-23-16(14)8-15(21)17(22)20-11-2-3-11/h1,4-8,11H,2-3,9H2,(H,20,22). The first-order valence-corrected chi connectivity index (χ1v) is 8.31. The maximum atomic E-state index is 13.4. The lowest BCUT2D eigenvalue weighted by atomic mass is 10.2. The topological polar surface area (TPSA) is 34.0 Å². The van der Waals surface area contributed by atoms with E-state index in [4.69, 9.17) is 0 Å². The van der Waals surface area contributed by atoms with Gasteiger partial charge in [0.05, 0.1) is 10.2 Å². The molecule has 23 heavy (non-hydrogen) atoms. The lowest BCUT2D eigenvalue weighted by molar-refractivity contribution is 0.0942. The van der Waals surface area contributed by atoms with E-state index in [0.717, 1.165) is 29.1 Å². The molecule has 1 aliphatic rings. The number of benzene rings is 1. The van der Waals surface area contributed by atoms with Crippen molar-refractivity contribution < 1.29 is 13.6 Å². The average molecular weight is 332 g/mol. The van der Waals surface area contributed by atoms with E-state index in [1.165, 1.54) is 6.07 Å². The van der Waals surface area contributed by atoms with Crippen molar-refractivity contribution in [2.75, 3.05) is 0 Å². The minimum atomic E-state index is -0.875. The van der Waals surface area contributed by atoms with E-state index < -0.39 is 11.6 Å². The number of hydrogen-bond donors (Lipinski definition) is 1. The molecule has 3 nitrogen and oxygen atoms in total. The smallest absolute Gasteiger partial charge is 0.268 e.